The zero-order chi connectivity index (χ0) is 21.7. The summed E-state index contributed by atoms with van der Waals surface area (Å²) in [5, 5.41) is 15.4. The molecule has 3 rings (SSSR count). The minimum absolute atomic E-state index is 0.128. The number of para-hydroxylation sites is 1. The van der Waals surface area contributed by atoms with Crippen LogP contribution in [0.4, 0.5) is 5.69 Å². The topological polar surface area (TPSA) is 113 Å². The van der Waals surface area contributed by atoms with Gasteiger partial charge in [-0.1, -0.05) is 48.5 Å². The molecule has 0 unspecified atom stereocenters. The first kappa shape index (κ1) is 21.1. The minimum atomic E-state index is -1.33. The largest absolute Gasteiger partial charge is 0.550 e. The predicted molar refractivity (Wildman–Crippen MR) is 110 cm³/mol. The number of rotatable bonds is 8. The van der Waals surface area contributed by atoms with Crippen molar-refractivity contribution in [2.24, 2.45) is 7.05 Å². The number of carbonyl (C=O) groups excluding carboxylic acids is 2. The molecule has 0 fully saturated rings. The van der Waals surface area contributed by atoms with Crippen molar-refractivity contribution in [3.63, 3.8) is 0 Å². The van der Waals surface area contributed by atoms with Gasteiger partial charge in [-0.2, -0.15) is 0 Å². The van der Waals surface area contributed by atoms with Crippen LogP contribution in [-0.2, 0) is 23.2 Å². The van der Waals surface area contributed by atoms with E-state index in [4.69, 9.17) is 0 Å². The van der Waals surface area contributed by atoms with E-state index in [9.17, 15) is 19.5 Å². The van der Waals surface area contributed by atoms with Gasteiger partial charge in [-0.25, -0.2) is 4.68 Å². The number of benzene rings is 2. The highest BCUT2D eigenvalue weighted by Gasteiger charge is 2.26. The summed E-state index contributed by atoms with van der Waals surface area (Å²) in [6.45, 7) is 2.14. The molecule has 0 bridgehead atoms. The fourth-order valence-electron chi connectivity index (χ4n) is 3.28. The lowest BCUT2D eigenvalue weighted by Crippen LogP contribution is -2.91. The molecule has 1 aromatic heterocycles. The Morgan fingerprint density at radius 2 is 1.67 bits per heavy atom. The van der Waals surface area contributed by atoms with Crippen LogP contribution in [0, 0.1) is 6.92 Å². The molecule has 0 aliphatic heterocycles. The molecule has 2 aromatic carbocycles. The first-order valence-electron chi connectivity index (χ1n) is 9.60. The summed E-state index contributed by atoms with van der Waals surface area (Å²) in [6.07, 6.45) is -0.461. The highest BCUT2D eigenvalue weighted by atomic mass is 16.4. The number of hydrogen-bond acceptors (Lipinski definition) is 4. The molecule has 8 nitrogen and oxygen atoms in total. The Balaban J connectivity index is 1.83. The molecule has 0 radical (unpaired) electrons. The number of carbonyl (C=O) groups is 2. The number of carboxylic acid groups (broad SMARTS) is 1. The van der Waals surface area contributed by atoms with E-state index in [1.54, 1.807) is 36.1 Å². The number of nitrogens with one attached hydrogen (secondary N) is 1. The van der Waals surface area contributed by atoms with Crippen LogP contribution in [0.5, 0.6) is 0 Å². The number of quaternary nitrogens is 1. The van der Waals surface area contributed by atoms with Crippen molar-refractivity contribution in [2.75, 3.05) is 5.32 Å². The highest BCUT2D eigenvalue weighted by molar-refractivity contribution is 5.96. The fourth-order valence-corrected chi connectivity index (χ4v) is 3.28. The van der Waals surface area contributed by atoms with Crippen molar-refractivity contribution in [3.8, 4) is 5.69 Å². The maximum absolute atomic E-state index is 13.0. The Kier molecular flexibility index (Phi) is 6.48. The third-order valence-corrected chi connectivity index (χ3v) is 5.01. The van der Waals surface area contributed by atoms with Crippen LogP contribution in [0.2, 0.25) is 0 Å². The molecule has 3 N–H and O–H groups in total. The molecular formula is C22H24N4O4. The molecular weight excluding hydrogens is 384 g/mol. The summed E-state index contributed by atoms with van der Waals surface area (Å²) in [7, 11) is 1.72. The standard InChI is InChI=1S/C22H24N4O4/c1-15-20(22(30)26(25(15)2)17-11-7-4-8-12-17)24-21(29)18(13-19(27)28)23-14-16-9-5-3-6-10-16/h3-12,18,23H,13-14H2,1-2H3,(H,24,29)(H,27,28)/t18-/m1/s1. The monoisotopic (exact) mass is 408 g/mol. The molecule has 0 saturated heterocycles. The Hall–Kier alpha value is -3.65. The molecule has 1 atom stereocenters. The van der Waals surface area contributed by atoms with E-state index < -0.39 is 24.3 Å². The van der Waals surface area contributed by atoms with Gasteiger partial charge < -0.3 is 20.5 Å². The fraction of sp³-hybridized carbons (Fsp3) is 0.227. The quantitative estimate of drug-likeness (QED) is 0.533. The summed E-state index contributed by atoms with van der Waals surface area (Å²) in [5.41, 5.74) is 1.92. The Labute approximate surface area is 173 Å². The second-order valence-corrected chi connectivity index (χ2v) is 7.03. The van der Waals surface area contributed by atoms with E-state index in [-0.39, 0.29) is 11.2 Å². The molecule has 0 spiro atoms. The van der Waals surface area contributed by atoms with E-state index >= 15 is 0 Å². The average Bonchev–Trinajstić information content (AvgIpc) is 2.95. The number of hydrogen-bond donors (Lipinski definition) is 2. The second-order valence-electron chi connectivity index (χ2n) is 7.03. The maximum Gasteiger partial charge on any atom is 0.295 e. The van der Waals surface area contributed by atoms with E-state index in [1.165, 1.54) is 4.68 Å². The number of nitrogens with two attached hydrogens (primary N) is 1. The van der Waals surface area contributed by atoms with Crippen molar-refractivity contribution in [2.45, 2.75) is 25.9 Å². The Morgan fingerprint density at radius 3 is 2.27 bits per heavy atom. The van der Waals surface area contributed by atoms with Gasteiger partial charge in [-0.05, 0) is 19.1 Å². The summed E-state index contributed by atoms with van der Waals surface area (Å²) in [4.78, 5) is 37.0. The summed E-state index contributed by atoms with van der Waals surface area (Å²) in [5.74, 6) is -1.88. The first-order valence-corrected chi connectivity index (χ1v) is 9.60. The van der Waals surface area contributed by atoms with E-state index in [1.807, 2.05) is 48.5 Å². The van der Waals surface area contributed by atoms with Gasteiger partial charge in [0.15, 0.2) is 6.04 Å². The van der Waals surface area contributed by atoms with Gasteiger partial charge in [0, 0.05) is 25.0 Å². The van der Waals surface area contributed by atoms with Crippen LogP contribution in [0.15, 0.2) is 65.5 Å². The first-order chi connectivity index (χ1) is 14.4. The molecule has 0 aliphatic rings. The van der Waals surface area contributed by atoms with Crippen molar-refractivity contribution in [1.82, 2.24) is 9.36 Å². The van der Waals surface area contributed by atoms with Crippen molar-refractivity contribution < 1.29 is 20.0 Å². The average molecular weight is 408 g/mol. The van der Waals surface area contributed by atoms with Crippen LogP contribution in [0.3, 0.4) is 0 Å². The predicted octanol–water partition coefficient (Wildman–Crippen LogP) is -0.305. The van der Waals surface area contributed by atoms with Crippen molar-refractivity contribution in [1.29, 1.82) is 0 Å². The Bertz CT molecular complexity index is 1090. The maximum atomic E-state index is 13.0. The van der Waals surface area contributed by atoms with Gasteiger partial charge in [0.05, 0.1) is 11.4 Å². The summed E-state index contributed by atoms with van der Waals surface area (Å²) >= 11 is 0. The van der Waals surface area contributed by atoms with Crippen LogP contribution in [0.1, 0.15) is 17.7 Å². The molecule has 30 heavy (non-hydrogen) atoms. The van der Waals surface area contributed by atoms with Crippen molar-refractivity contribution >= 4 is 17.6 Å². The van der Waals surface area contributed by atoms with Gasteiger partial charge in [-0.15, -0.1) is 0 Å². The second kappa shape index (κ2) is 9.23. The Morgan fingerprint density at radius 1 is 1.07 bits per heavy atom. The molecule has 1 amide bonds. The number of aliphatic carboxylic acids is 1. The third-order valence-electron chi connectivity index (χ3n) is 5.01. The molecule has 0 saturated carbocycles. The smallest absolute Gasteiger partial charge is 0.295 e. The number of amides is 1. The molecule has 3 aromatic rings. The SMILES string of the molecule is Cc1c(NC(=O)[C@@H](CC(=O)[O-])[NH2+]Cc2ccccc2)c(=O)n(-c2ccccc2)n1C. The van der Waals surface area contributed by atoms with Crippen LogP contribution in [0.25, 0.3) is 5.69 Å². The number of aromatic nitrogens is 2. The zero-order valence-electron chi connectivity index (χ0n) is 16.9. The molecule has 0 aliphatic carbocycles. The van der Waals surface area contributed by atoms with Crippen LogP contribution < -0.4 is 21.3 Å². The van der Waals surface area contributed by atoms with E-state index in [0.29, 0.717) is 17.9 Å². The normalized spacial score (nSPS) is 11.8. The van der Waals surface area contributed by atoms with Gasteiger partial charge in [-0.3, -0.25) is 14.3 Å². The van der Waals surface area contributed by atoms with Gasteiger partial charge in [0.1, 0.15) is 12.2 Å². The lowest BCUT2D eigenvalue weighted by atomic mass is 10.1. The summed E-state index contributed by atoms with van der Waals surface area (Å²) < 4.78 is 3.10. The van der Waals surface area contributed by atoms with Gasteiger partial charge in [0.2, 0.25) is 0 Å². The zero-order valence-corrected chi connectivity index (χ0v) is 16.9. The molecule has 8 heteroatoms. The third kappa shape index (κ3) is 4.66. The highest BCUT2D eigenvalue weighted by Crippen LogP contribution is 2.14. The lowest BCUT2D eigenvalue weighted by Gasteiger charge is -2.15. The van der Waals surface area contributed by atoms with Crippen LogP contribution in [-0.4, -0.2) is 27.3 Å². The van der Waals surface area contributed by atoms with Gasteiger partial charge >= 0.3 is 0 Å². The lowest BCUT2D eigenvalue weighted by molar-refractivity contribution is -0.691. The minimum Gasteiger partial charge on any atom is -0.550 e. The van der Waals surface area contributed by atoms with Crippen molar-refractivity contribution in [3.05, 3.63) is 82.3 Å². The van der Waals surface area contributed by atoms with Crippen LogP contribution >= 0.6 is 0 Å². The molecule has 156 valence electrons. The summed E-state index contributed by atoms with van der Waals surface area (Å²) in [6, 6.07) is 17.5. The number of nitrogens with zero attached hydrogens (tertiary/aromatic N) is 2. The van der Waals surface area contributed by atoms with Gasteiger partial charge in [0.25, 0.3) is 11.5 Å². The number of anilines is 1. The van der Waals surface area contributed by atoms with E-state index in [2.05, 4.69) is 5.32 Å². The number of carboxylic acids is 1. The van der Waals surface area contributed by atoms with E-state index in [0.717, 1.165) is 5.56 Å². The molecule has 1 heterocycles.